The highest BCUT2D eigenvalue weighted by atomic mass is 32.2. The standard InChI is InChI=1S/C28H47NOS.CH4/c1-27-15-13-20(19-31-3)18-22(27)11-12-23-24(27)14-16-28(2)25(23)10-7-17-29(28)26(30)21-8-5-4-6-9-21;/h20-25H,4-19H2,1-3H3;1H4. The SMILES string of the molecule is C.CSCC1CCC2(C)C(CCC3C2CCC2(C)C3CCCN2C(=O)C2CCCCC2)C1. The second kappa shape index (κ2) is 9.82. The van der Waals surface area contributed by atoms with Gasteiger partial charge in [-0.2, -0.15) is 11.8 Å². The molecule has 0 aromatic carbocycles. The van der Waals surface area contributed by atoms with Gasteiger partial charge in [-0.15, -0.1) is 0 Å². The lowest BCUT2D eigenvalue weighted by Gasteiger charge is -2.64. The molecule has 0 aromatic heterocycles. The third-order valence-corrected chi connectivity index (χ3v) is 12.1. The fraction of sp³-hybridized carbons (Fsp3) is 0.966. The average Bonchev–Trinajstić information content (AvgIpc) is 2.78. The van der Waals surface area contributed by atoms with Crippen LogP contribution in [0.25, 0.3) is 0 Å². The van der Waals surface area contributed by atoms with E-state index in [1.165, 1.54) is 82.8 Å². The Bertz CT molecular complexity index is 660. The Morgan fingerprint density at radius 3 is 2.44 bits per heavy atom. The Hall–Kier alpha value is -0.180. The van der Waals surface area contributed by atoms with E-state index in [1.807, 2.05) is 0 Å². The molecule has 32 heavy (non-hydrogen) atoms. The van der Waals surface area contributed by atoms with Crippen LogP contribution in [0.1, 0.15) is 111 Å². The molecule has 7 unspecified atom stereocenters. The number of piperidine rings is 1. The fourth-order valence-electron chi connectivity index (χ4n) is 9.55. The average molecular weight is 462 g/mol. The smallest absolute Gasteiger partial charge is 0.226 e. The van der Waals surface area contributed by atoms with E-state index in [4.69, 9.17) is 0 Å². The molecule has 184 valence electrons. The van der Waals surface area contributed by atoms with E-state index in [0.717, 1.165) is 49.0 Å². The predicted molar refractivity (Wildman–Crippen MR) is 139 cm³/mol. The number of fused-ring (bicyclic) bond motifs is 5. The third kappa shape index (κ3) is 4.09. The van der Waals surface area contributed by atoms with Crippen LogP contribution < -0.4 is 0 Å². The topological polar surface area (TPSA) is 20.3 Å². The van der Waals surface area contributed by atoms with Crippen LogP contribution in [0.2, 0.25) is 0 Å². The van der Waals surface area contributed by atoms with Crippen LogP contribution in [0.4, 0.5) is 0 Å². The normalized spacial score (nSPS) is 44.6. The molecule has 1 saturated heterocycles. The van der Waals surface area contributed by atoms with Crippen LogP contribution in [0, 0.1) is 40.9 Å². The fourth-order valence-corrected chi connectivity index (χ4v) is 10.3. The molecule has 0 radical (unpaired) electrons. The molecule has 4 saturated carbocycles. The van der Waals surface area contributed by atoms with Gasteiger partial charge in [0.25, 0.3) is 0 Å². The van der Waals surface area contributed by atoms with Gasteiger partial charge in [-0.25, -0.2) is 0 Å². The highest BCUT2D eigenvalue weighted by molar-refractivity contribution is 7.98. The summed E-state index contributed by atoms with van der Waals surface area (Å²) in [5.74, 6) is 6.74. The van der Waals surface area contributed by atoms with Crippen molar-refractivity contribution in [3.8, 4) is 0 Å². The lowest BCUT2D eigenvalue weighted by molar-refractivity contribution is -0.168. The Balaban J connectivity index is 0.00000245. The number of rotatable bonds is 3. The van der Waals surface area contributed by atoms with Crippen LogP contribution in [-0.4, -0.2) is 34.9 Å². The maximum absolute atomic E-state index is 13.7. The molecule has 0 bridgehead atoms. The summed E-state index contributed by atoms with van der Waals surface area (Å²) in [6, 6.07) is 0. The molecule has 7 atom stereocenters. The van der Waals surface area contributed by atoms with Crippen LogP contribution in [-0.2, 0) is 4.79 Å². The van der Waals surface area contributed by atoms with Crippen molar-refractivity contribution in [2.45, 2.75) is 117 Å². The zero-order valence-corrected chi connectivity index (χ0v) is 21.4. The van der Waals surface area contributed by atoms with Gasteiger partial charge >= 0.3 is 0 Å². The molecule has 0 N–H and O–H groups in total. The van der Waals surface area contributed by atoms with E-state index >= 15 is 0 Å². The predicted octanol–water partition coefficient (Wildman–Crippen LogP) is 7.81. The number of nitrogens with zero attached hydrogens (tertiary/aromatic N) is 1. The lowest BCUT2D eigenvalue weighted by Crippen LogP contribution is -2.65. The van der Waals surface area contributed by atoms with Crippen molar-refractivity contribution in [3.63, 3.8) is 0 Å². The minimum absolute atomic E-state index is 0. The first kappa shape index (κ1) is 24.9. The van der Waals surface area contributed by atoms with Crippen molar-refractivity contribution in [1.82, 2.24) is 4.90 Å². The zero-order chi connectivity index (χ0) is 21.6. The van der Waals surface area contributed by atoms with Gasteiger partial charge in [-0.05, 0) is 125 Å². The van der Waals surface area contributed by atoms with Crippen LogP contribution in [0.3, 0.4) is 0 Å². The largest absolute Gasteiger partial charge is 0.337 e. The van der Waals surface area contributed by atoms with Gasteiger partial charge < -0.3 is 4.90 Å². The highest BCUT2D eigenvalue weighted by Crippen LogP contribution is 2.64. The Morgan fingerprint density at radius 1 is 0.906 bits per heavy atom. The number of likely N-dealkylation sites (tertiary alicyclic amines) is 1. The first-order valence-corrected chi connectivity index (χ1v) is 15.2. The Labute approximate surface area is 203 Å². The van der Waals surface area contributed by atoms with Crippen molar-refractivity contribution in [3.05, 3.63) is 0 Å². The molecule has 3 heteroatoms. The summed E-state index contributed by atoms with van der Waals surface area (Å²) >= 11 is 2.06. The van der Waals surface area contributed by atoms with Crippen LogP contribution in [0.5, 0.6) is 0 Å². The molecule has 0 spiro atoms. The molecule has 1 aliphatic heterocycles. The van der Waals surface area contributed by atoms with Crippen molar-refractivity contribution < 1.29 is 4.79 Å². The Kier molecular flexibility index (Phi) is 7.65. The van der Waals surface area contributed by atoms with Crippen LogP contribution >= 0.6 is 11.8 Å². The number of amides is 1. The quantitative estimate of drug-likeness (QED) is 0.427. The zero-order valence-electron chi connectivity index (χ0n) is 20.5. The van der Waals surface area contributed by atoms with Gasteiger partial charge in [0.1, 0.15) is 0 Å². The Morgan fingerprint density at radius 2 is 1.69 bits per heavy atom. The number of thioether (sulfide) groups is 1. The van der Waals surface area contributed by atoms with Crippen molar-refractivity contribution in [2.24, 2.45) is 40.9 Å². The first-order chi connectivity index (χ1) is 15.0. The summed E-state index contributed by atoms with van der Waals surface area (Å²) in [5.41, 5.74) is 0.724. The van der Waals surface area contributed by atoms with Gasteiger partial charge in [0.15, 0.2) is 0 Å². The van der Waals surface area contributed by atoms with Gasteiger partial charge in [-0.1, -0.05) is 33.6 Å². The highest BCUT2D eigenvalue weighted by Gasteiger charge is 2.59. The van der Waals surface area contributed by atoms with Crippen molar-refractivity contribution in [1.29, 1.82) is 0 Å². The number of carbonyl (C=O) groups is 1. The molecule has 1 amide bonds. The summed E-state index contributed by atoms with van der Waals surface area (Å²) < 4.78 is 0. The van der Waals surface area contributed by atoms with Crippen molar-refractivity contribution >= 4 is 17.7 Å². The molecule has 4 aliphatic carbocycles. The van der Waals surface area contributed by atoms with E-state index < -0.39 is 0 Å². The maximum atomic E-state index is 13.7. The minimum atomic E-state index is 0. The van der Waals surface area contributed by atoms with Gasteiger partial charge in [-0.3, -0.25) is 4.79 Å². The summed E-state index contributed by atoms with van der Waals surface area (Å²) in [4.78, 5) is 16.1. The number of carbonyl (C=O) groups excluding carboxylic acids is 1. The summed E-state index contributed by atoms with van der Waals surface area (Å²) in [5, 5.41) is 0. The van der Waals surface area contributed by atoms with Gasteiger partial charge in [0.2, 0.25) is 5.91 Å². The van der Waals surface area contributed by atoms with E-state index in [-0.39, 0.29) is 13.0 Å². The lowest BCUT2D eigenvalue weighted by atomic mass is 9.44. The third-order valence-electron chi connectivity index (χ3n) is 11.3. The molecule has 0 aromatic rings. The number of hydrogen-bond donors (Lipinski definition) is 0. The maximum Gasteiger partial charge on any atom is 0.226 e. The molecular formula is C29H51NOS. The van der Waals surface area contributed by atoms with E-state index in [1.54, 1.807) is 0 Å². The van der Waals surface area contributed by atoms with E-state index in [9.17, 15) is 4.79 Å². The molecule has 5 fully saturated rings. The molecule has 1 heterocycles. The molecule has 2 nitrogen and oxygen atoms in total. The van der Waals surface area contributed by atoms with Crippen LogP contribution in [0.15, 0.2) is 0 Å². The number of hydrogen-bond acceptors (Lipinski definition) is 2. The molecule has 5 rings (SSSR count). The first-order valence-electron chi connectivity index (χ1n) is 13.8. The van der Waals surface area contributed by atoms with E-state index in [0.29, 0.717) is 17.2 Å². The van der Waals surface area contributed by atoms with E-state index in [2.05, 4.69) is 36.8 Å². The summed E-state index contributed by atoms with van der Waals surface area (Å²) in [6.07, 6.45) is 21.1. The van der Waals surface area contributed by atoms with Gasteiger partial charge in [0, 0.05) is 18.0 Å². The second-order valence-electron chi connectivity index (χ2n) is 12.6. The van der Waals surface area contributed by atoms with Crippen molar-refractivity contribution in [2.75, 3.05) is 18.6 Å². The summed E-state index contributed by atoms with van der Waals surface area (Å²) in [6.45, 7) is 6.24. The summed E-state index contributed by atoms with van der Waals surface area (Å²) in [7, 11) is 0. The molecular weight excluding hydrogens is 410 g/mol. The molecule has 5 aliphatic rings. The second-order valence-corrected chi connectivity index (χ2v) is 13.5. The van der Waals surface area contributed by atoms with Gasteiger partial charge in [0.05, 0.1) is 0 Å². The minimum Gasteiger partial charge on any atom is -0.337 e. The monoisotopic (exact) mass is 461 g/mol.